The van der Waals surface area contributed by atoms with Crippen molar-refractivity contribution in [2.24, 2.45) is 7.05 Å². The van der Waals surface area contributed by atoms with E-state index in [0.29, 0.717) is 5.69 Å². The summed E-state index contributed by atoms with van der Waals surface area (Å²) in [6.45, 7) is 0. The van der Waals surface area contributed by atoms with Gasteiger partial charge in [-0.05, 0) is 60.9 Å². The van der Waals surface area contributed by atoms with Crippen molar-refractivity contribution in [3.8, 4) is 22.5 Å². The van der Waals surface area contributed by atoms with E-state index in [1.807, 2.05) is 48.1 Å². The van der Waals surface area contributed by atoms with Gasteiger partial charge >= 0.3 is 0 Å². The highest BCUT2D eigenvalue weighted by atomic mass is 16.2. The Morgan fingerprint density at radius 1 is 1.10 bits per heavy atom. The molecule has 154 valence electrons. The molecule has 0 fully saturated rings. The largest absolute Gasteiger partial charge is 0.373 e. The monoisotopic (exact) mass is 410 g/mol. The van der Waals surface area contributed by atoms with Crippen molar-refractivity contribution in [2.45, 2.75) is 18.9 Å². The molecule has 3 aromatic heterocycles. The lowest BCUT2D eigenvalue weighted by Gasteiger charge is -2.26. The topological polar surface area (TPSA) is 84.7 Å². The summed E-state index contributed by atoms with van der Waals surface area (Å²) in [6, 6.07) is 15.6. The fraction of sp³-hybridized carbons (Fsp3) is 0.167. The number of aromatic nitrogens is 4. The number of aryl methyl sites for hydroxylation is 2. The van der Waals surface area contributed by atoms with Crippen LogP contribution >= 0.6 is 0 Å². The lowest BCUT2D eigenvalue weighted by molar-refractivity contribution is -0.117. The molecule has 0 radical (unpaired) electrons. The molecule has 0 saturated heterocycles. The molecule has 7 nitrogen and oxygen atoms in total. The van der Waals surface area contributed by atoms with Crippen molar-refractivity contribution < 1.29 is 4.79 Å². The molecule has 1 amide bonds. The van der Waals surface area contributed by atoms with E-state index in [2.05, 4.69) is 37.8 Å². The van der Waals surface area contributed by atoms with E-state index >= 15 is 0 Å². The van der Waals surface area contributed by atoms with Crippen LogP contribution in [0.3, 0.4) is 0 Å². The van der Waals surface area contributed by atoms with Crippen LogP contribution in [-0.2, 0) is 18.3 Å². The fourth-order valence-corrected chi connectivity index (χ4v) is 3.90. The quantitative estimate of drug-likeness (QED) is 0.533. The van der Waals surface area contributed by atoms with Gasteiger partial charge in [0, 0.05) is 42.5 Å². The van der Waals surface area contributed by atoms with Crippen LogP contribution in [0.4, 0.5) is 11.4 Å². The van der Waals surface area contributed by atoms with Crippen LogP contribution in [0.1, 0.15) is 12.0 Å². The number of hydrogen-bond acceptors (Lipinski definition) is 5. The highest BCUT2D eigenvalue weighted by Gasteiger charge is 2.24. The average Bonchev–Trinajstić information content (AvgIpc) is 3.25. The van der Waals surface area contributed by atoms with Crippen LogP contribution in [0, 0.1) is 0 Å². The minimum absolute atomic E-state index is 0.0581. The molecule has 5 rings (SSSR count). The van der Waals surface area contributed by atoms with Gasteiger partial charge in [-0.25, -0.2) is 0 Å². The highest BCUT2D eigenvalue weighted by Crippen LogP contribution is 2.30. The van der Waals surface area contributed by atoms with Gasteiger partial charge in [0.05, 0.1) is 23.3 Å². The van der Waals surface area contributed by atoms with Gasteiger partial charge in [-0.15, -0.1) is 0 Å². The standard InChI is InChI=1S/C24H22N6O/c1-30-23(10-12-27-30)17-5-7-21-16(13-17)4-8-22(29-21)24(31)28-19-6-9-20(26-15-19)18-3-2-11-25-14-18/h2-3,5-7,9-15,22,29H,4,8H2,1H3,(H,28,31). The molecule has 0 spiro atoms. The summed E-state index contributed by atoms with van der Waals surface area (Å²) < 4.78 is 1.86. The Morgan fingerprint density at radius 3 is 2.77 bits per heavy atom. The van der Waals surface area contributed by atoms with Gasteiger partial charge in [0.15, 0.2) is 0 Å². The lowest BCUT2D eigenvalue weighted by Crippen LogP contribution is -2.37. The maximum Gasteiger partial charge on any atom is 0.246 e. The molecule has 31 heavy (non-hydrogen) atoms. The molecule has 1 atom stereocenters. The number of amides is 1. The van der Waals surface area contributed by atoms with Crippen molar-refractivity contribution in [2.75, 3.05) is 10.6 Å². The first kappa shape index (κ1) is 19.0. The zero-order valence-electron chi connectivity index (χ0n) is 17.1. The summed E-state index contributed by atoms with van der Waals surface area (Å²) in [5, 5.41) is 10.6. The molecule has 0 saturated carbocycles. The number of rotatable bonds is 4. The van der Waals surface area contributed by atoms with E-state index in [0.717, 1.165) is 41.0 Å². The van der Waals surface area contributed by atoms with E-state index in [1.165, 1.54) is 5.56 Å². The number of carbonyl (C=O) groups excluding carboxylic acids is 1. The first-order valence-corrected chi connectivity index (χ1v) is 10.2. The summed E-state index contributed by atoms with van der Waals surface area (Å²) in [5.41, 5.74) is 6.86. The van der Waals surface area contributed by atoms with Crippen molar-refractivity contribution in [3.63, 3.8) is 0 Å². The van der Waals surface area contributed by atoms with Gasteiger partial charge < -0.3 is 10.6 Å². The SMILES string of the molecule is Cn1nccc1-c1ccc2c(c1)CCC(C(=O)Nc1ccc(-c3cccnc3)nc1)N2. The molecule has 4 heterocycles. The van der Waals surface area contributed by atoms with E-state index in [-0.39, 0.29) is 11.9 Å². The molecule has 1 aromatic carbocycles. The van der Waals surface area contributed by atoms with Gasteiger partial charge in [-0.1, -0.05) is 6.07 Å². The van der Waals surface area contributed by atoms with E-state index in [1.54, 1.807) is 24.8 Å². The second-order valence-electron chi connectivity index (χ2n) is 7.61. The fourth-order valence-electron chi connectivity index (χ4n) is 3.90. The van der Waals surface area contributed by atoms with Gasteiger partial charge in [-0.3, -0.25) is 19.4 Å². The van der Waals surface area contributed by atoms with Gasteiger partial charge in [0.2, 0.25) is 5.91 Å². The number of nitrogens with zero attached hydrogens (tertiary/aromatic N) is 4. The molecule has 4 aromatic rings. The Bertz CT molecular complexity index is 1220. The van der Waals surface area contributed by atoms with Gasteiger partial charge in [0.1, 0.15) is 6.04 Å². The maximum absolute atomic E-state index is 12.8. The Labute approximate surface area is 180 Å². The number of benzene rings is 1. The van der Waals surface area contributed by atoms with Gasteiger partial charge in [-0.2, -0.15) is 5.10 Å². The summed E-state index contributed by atoms with van der Waals surface area (Å²) in [7, 11) is 1.94. The summed E-state index contributed by atoms with van der Waals surface area (Å²) in [6.07, 6.45) is 8.54. The van der Waals surface area contributed by atoms with E-state index < -0.39 is 0 Å². The number of pyridine rings is 2. The smallest absolute Gasteiger partial charge is 0.246 e. The minimum Gasteiger partial charge on any atom is -0.373 e. The predicted molar refractivity (Wildman–Crippen MR) is 120 cm³/mol. The first-order valence-electron chi connectivity index (χ1n) is 10.2. The molecule has 0 aliphatic carbocycles. The lowest BCUT2D eigenvalue weighted by atomic mass is 9.95. The van der Waals surface area contributed by atoms with Crippen LogP contribution in [0.15, 0.2) is 73.3 Å². The van der Waals surface area contributed by atoms with Gasteiger partial charge in [0.25, 0.3) is 0 Å². The molecule has 2 N–H and O–H groups in total. The molecule has 7 heteroatoms. The van der Waals surface area contributed by atoms with Crippen LogP contribution in [-0.4, -0.2) is 31.7 Å². The Hall–Kier alpha value is -4.00. The number of fused-ring (bicyclic) bond motifs is 1. The van der Waals surface area contributed by atoms with E-state index in [9.17, 15) is 4.79 Å². The van der Waals surface area contributed by atoms with Crippen molar-refractivity contribution in [3.05, 3.63) is 78.9 Å². The second-order valence-corrected chi connectivity index (χ2v) is 7.61. The van der Waals surface area contributed by atoms with Crippen LogP contribution in [0.25, 0.3) is 22.5 Å². The number of anilines is 2. The Morgan fingerprint density at radius 2 is 2.03 bits per heavy atom. The third-order valence-electron chi connectivity index (χ3n) is 5.56. The molecule has 1 unspecified atom stereocenters. The van der Waals surface area contributed by atoms with E-state index in [4.69, 9.17) is 0 Å². The summed E-state index contributed by atoms with van der Waals surface area (Å²) in [4.78, 5) is 21.4. The van der Waals surface area contributed by atoms with Crippen LogP contribution in [0.5, 0.6) is 0 Å². The van der Waals surface area contributed by atoms with Crippen LogP contribution < -0.4 is 10.6 Å². The molecule has 1 aliphatic rings. The maximum atomic E-state index is 12.8. The number of nitrogens with one attached hydrogen (secondary N) is 2. The average molecular weight is 410 g/mol. The zero-order valence-corrected chi connectivity index (χ0v) is 17.1. The third kappa shape index (κ3) is 3.90. The van der Waals surface area contributed by atoms with Crippen molar-refractivity contribution >= 4 is 17.3 Å². The predicted octanol–water partition coefficient (Wildman–Crippen LogP) is 3.91. The van der Waals surface area contributed by atoms with Crippen LogP contribution in [0.2, 0.25) is 0 Å². The normalized spacial score (nSPS) is 15.1. The molecule has 1 aliphatic heterocycles. The zero-order chi connectivity index (χ0) is 21.2. The molecular formula is C24H22N6O. The number of hydrogen-bond donors (Lipinski definition) is 2. The summed E-state index contributed by atoms with van der Waals surface area (Å²) in [5.74, 6) is -0.0581. The summed E-state index contributed by atoms with van der Waals surface area (Å²) >= 11 is 0. The Kier molecular flexibility index (Phi) is 4.92. The molecule has 0 bridgehead atoms. The highest BCUT2D eigenvalue weighted by molar-refractivity contribution is 5.97. The third-order valence-corrected chi connectivity index (χ3v) is 5.56. The second kappa shape index (κ2) is 8.02. The molecular weight excluding hydrogens is 388 g/mol. The first-order chi connectivity index (χ1) is 15.2. The Balaban J connectivity index is 1.26. The van der Waals surface area contributed by atoms with Crippen molar-refractivity contribution in [1.29, 1.82) is 0 Å². The number of carbonyl (C=O) groups is 1. The van der Waals surface area contributed by atoms with Crippen molar-refractivity contribution in [1.82, 2.24) is 19.7 Å². The minimum atomic E-state index is -0.284.